The molecule has 0 radical (unpaired) electrons. The van der Waals surface area contributed by atoms with Crippen molar-refractivity contribution in [2.45, 2.75) is 33.1 Å². The Bertz CT molecular complexity index is 1180. The van der Waals surface area contributed by atoms with E-state index in [0.717, 1.165) is 29.8 Å². The Morgan fingerprint density at radius 1 is 0.971 bits per heavy atom. The van der Waals surface area contributed by atoms with Crippen molar-refractivity contribution in [1.29, 1.82) is 0 Å². The predicted octanol–water partition coefficient (Wildman–Crippen LogP) is 5.72. The van der Waals surface area contributed by atoms with E-state index in [0.29, 0.717) is 48.9 Å². The molecule has 2 aromatic carbocycles. The quantitative estimate of drug-likeness (QED) is 0.452. The molecule has 1 aliphatic rings. The van der Waals surface area contributed by atoms with Crippen LogP contribution in [0.15, 0.2) is 54.6 Å². The lowest BCUT2D eigenvalue weighted by atomic mass is 10.1. The summed E-state index contributed by atoms with van der Waals surface area (Å²) in [4.78, 5) is 29.5. The van der Waals surface area contributed by atoms with E-state index in [1.54, 1.807) is 23.1 Å². The smallest absolute Gasteiger partial charge is 0.255 e. The molecule has 178 valence electrons. The second-order valence-corrected chi connectivity index (χ2v) is 9.06. The summed E-state index contributed by atoms with van der Waals surface area (Å²) in [5.41, 5.74) is 3.62. The van der Waals surface area contributed by atoms with Crippen molar-refractivity contribution in [3.8, 4) is 16.9 Å². The topological polar surface area (TPSA) is 45.6 Å². The molecule has 0 spiro atoms. The summed E-state index contributed by atoms with van der Waals surface area (Å²) in [6, 6.07) is 15.6. The minimum Gasteiger partial charge on any atom is -0.339 e. The number of rotatable bonds is 6. The maximum absolute atomic E-state index is 14.1. The van der Waals surface area contributed by atoms with Crippen LogP contribution in [0, 0.1) is 12.7 Å². The Morgan fingerprint density at radius 2 is 1.65 bits per heavy atom. The van der Waals surface area contributed by atoms with Gasteiger partial charge in [-0.3, -0.25) is 9.59 Å². The van der Waals surface area contributed by atoms with Crippen LogP contribution in [-0.2, 0) is 4.79 Å². The molecule has 4 rings (SSSR count). The van der Waals surface area contributed by atoms with Crippen molar-refractivity contribution in [3.63, 3.8) is 0 Å². The van der Waals surface area contributed by atoms with Crippen LogP contribution in [0.25, 0.3) is 16.9 Å². The van der Waals surface area contributed by atoms with Gasteiger partial charge < -0.3 is 14.4 Å². The fourth-order valence-electron chi connectivity index (χ4n) is 4.42. The molecule has 5 nitrogen and oxygen atoms in total. The van der Waals surface area contributed by atoms with Crippen LogP contribution in [0.2, 0.25) is 5.02 Å². The summed E-state index contributed by atoms with van der Waals surface area (Å²) < 4.78 is 16.0. The molecule has 7 heteroatoms. The van der Waals surface area contributed by atoms with Gasteiger partial charge in [0.05, 0.1) is 11.3 Å². The largest absolute Gasteiger partial charge is 0.339 e. The highest BCUT2D eigenvalue weighted by Gasteiger charge is 2.28. The first-order valence-electron chi connectivity index (χ1n) is 11.7. The van der Waals surface area contributed by atoms with Crippen LogP contribution in [0.3, 0.4) is 0 Å². The molecule has 1 aromatic heterocycles. The minimum absolute atomic E-state index is 0.0801. The molecule has 0 aliphatic carbocycles. The first-order valence-corrected chi connectivity index (χ1v) is 12.1. The highest BCUT2D eigenvalue weighted by Crippen LogP contribution is 2.31. The number of hydrogen-bond acceptors (Lipinski definition) is 2. The van der Waals surface area contributed by atoms with E-state index >= 15 is 0 Å². The van der Waals surface area contributed by atoms with Crippen LogP contribution in [-0.4, -0.2) is 52.4 Å². The van der Waals surface area contributed by atoms with E-state index in [4.69, 9.17) is 11.6 Å². The third-order valence-electron chi connectivity index (χ3n) is 6.35. The Balaban J connectivity index is 1.64. The molecule has 3 aromatic rings. The molecule has 0 unspecified atom stereocenters. The lowest BCUT2D eigenvalue weighted by Crippen LogP contribution is -2.50. The summed E-state index contributed by atoms with van der Waals surface area (Å²) in [5.74, 6) is -0.264. The summed E-state index contributed by atoms with van der Waals surface area (Å²) in [6.07, 6.45) is 2.43. The average molecular weight is 482 g/mol. The minimum atomic E-state index is -0.343. The van der Waals surface area contributed by atoms with Gasteiger partial charge in [-0.05, 0) is 55.3 Å². The Kier molecular flexibility index (Phi) is 7.37. The molecule has 0 N–H and O–H groups in total. The first-order chi connectivity index (χ1) is 16.4. The second-order valence-electron chi connectivity index (χ2n) is 8.63. The van der Waals surface area contributed by atoms with Gasteiger partial charge in [-0.2, -0.15) is 0 Å². The van der Waals surface area contributed by atoms with Gasteiger partial charge in [0.1, 0.15) is 5.82 Å². The number of carbonyl (C=O) groups excluding carboxylic acids is 2. The molecular weight excluding hydrogens is 453 g/mol. The third-order valence-corrected chi connectivity index (χ3v) is 6.60. The highest BCUT2D eigenvalue weighted by molar-refractivity contribution is 6.30. The van der Waals surface area contributed by atoms with Crippen molar-refractivity contribution in [2.24, 2.45) is 0 Å². The number of halogens is 2. The zero-order valence-electron chi connectivity index (χ0n) is 19.6. The third kappa shape index (κ3) is 5.02. The van der Waals surface area contributed by atoms with Gasteiger partial charge in [0, 0.05) is 49.0 Å². The summed E-state index contributed by atoms with van der Waals surface area (Å²) in [5, 5.41) is 0.618. The summed E-state index contributed by atoms with van der Waals surface area (Å²) in [7, 11) is 0. The fourth-order valence-corrected chi connectivity index (χ4v) is 4.55. The second kappa shape index (κ2) is 10.4. The number of carbonyl (C=O) groups is 2. The lowest BCUT2D eigenvalue weighted by molar-refractivity contribution is -0.132. The van der Waals surface area contributed by atoms with Gasteiger partial charge in [-0.1, -0.05) is 43.1 Å². The molecule has 2 amide bonds. The maximum atomic E-state index is 14.1. The molecule has 1 fully saturated rings. The number of unbranched alkanes of at least 4 members (excludes halogenated alkanes) is 1. The standard InChI is InChI=1S/C27H29ClFN3O2/c1-3-4-8-26(33)30-13-15-31(16-14-30)27(34)24-18-25(20-9-11-21(28)12-10-20)32(19(24)2)23-7-5-6-22(29)17-23/h5-7,9-12,17-18H,3-4,8,13-16H2,1-2H3. The van der Waals surface area contributed by atoms with Gasteiger partial charge in [0.2, 0.25) is 5.91 Å². The zero-order chi connectivity index (χ0) is 24.2. The first kappa shape index (κ1) is 24.0. The number of amides is 2. The van der Waals surface area contributed by atoms with Crippen LogP contribution < -0.4 is 0 Å². The monoisotopic (exact) mass is 481 g/mol. The van der Waals surface area contributed by atoms with Crippen molar-refractivity contribution < 1.29 is 14.0 Å². The van der Waals surface area contributed by atoms with E-state index < -0.39 is 0 Å². The molecular formula is C27H29ClFN3O2. The van der Waals surface area contributed by atoms with Crippen LogP contribution >= 0.6 is 11.6 Å². The molecule has 1 saturated heterocycles. The highest BCUT2D eigenvalue weighted by atomic mass is 35.5. The fraction of sp³-hybridized carbons (Fsp3) is 0.333. The normalized spacial score (nSPS) is 13.9. The zero-order valence-corrected chi connectivity index (χ0v) is 20.3. The molecule has 2 heterocycles. The Hall–Kier alpha value is -3.12. The van der Waals surface area contributed by atoms with Crippen LogP contribution in [0.5, 0.6) is 0 Å². The number of hydrogen-bond donors (Lipinski definition) is 0. The SMILES string of the molecule is CCCCC(=O)N1CCN(C(=O)c2cc(-c3ccc(Cl)cc3)n(-c3cccc(F)c3)c2C)CC1. The molecule has 0 atom stereocenters. The van der Waals surface area contributed by atoms with Crippen molar-refractivity contribution in [1.82, 2.24) is 14.4 Å². The van der Waals surface area contributed by atoms with Crippen molar-refractivity contribution in [2.75, 3.05) is 26.2 Å². The lowest BCUT2D eigenvalue weighted by Gasteiger charge is -2.35. The summed E-state index contributed by atoms with van der Waals surface area (Å²) in [6.45, 7) is 6.03. The van der Waals surface area contributed by atoms with E-state index in [1.165, 1.54) is 12.1 Å². The van der Waals surface area contributed by atoms with Gasteiger partial charge in [-0.15, -0.1) is 0 Å². The van der Waals surface area contributed by atoms with Crippen LogP contribution in [0.4, 0.5) is 4.39 Å². The van der Waals surface area contributed by atoms with E-state index in [2.05, 4.69) is 6.92 Å². The average Bonchev–Trinajstić information content (AvgIpc) is 3.19. The van der Waals surface area contributed by atoms with Crippen LogP contribution in [0.1, 0.15) is 42.2 Å². The number of nitrogens with zero attached hydrogens (tertiary/aromatic N) is 3. The van der Waals surface area contributed by atoms with Gasteiger partial charge in [0.15, 0.2) is 0 Å². The van der Waals surface area contributed by atoms with Gasteiger partial charge >= 0.3 is 0 Å². The van der Waals surface area contributed by atoms with Gasteiger partial charge in [-0.25, -0.2) is 4.39 Å². The Labute approximate surface area is 204 Å². The van der Waals surface area contributed by atoms with E-state index in [-0.39, 0.29) is 17.6 Å². The van der Waals surface area contributed by atoms with Gasteiger partial charge in [0.25, 0.3) is 5.91 Å². The van der Waals surface area contributed by atoms with E-state index in [1.807, 2.05) is 40.7 Å². The number of benzene rings is 2. The number of aromatic nitrogens is 1. The predicted molar refractivity (Wildman–Crippen MR) is 133 cm³/mol. The molecule has 0 saturated carbocycles. The van der Waals surface area contributed by atoms with Crippen molar-refractivity contribution >= 4 is 23.4 Å². The molecule has 34 heavy (non-hydrogen) atoms. The molecule has 1 aliphatic heterocycles. The number of piperazine rings is 1. The Morgan fingerprint density at radius 3 is 2.29 bits per heavy atom. The van der Waals surface area contributed by atoms with Crippen molar-refractivity contribution in [3.05, 3.63) is 76.7 Å². The summed E-state index contributed by atoms with van der Waals surface area (Å²) >= 11 is 6.08. The van der Waals surface area contributed by atoms with E-state index in [9.17, 15) is 14.0 Å². The molecule has 0 bridgehead atoms. The maximum Gasteiger partial charge on any atom is 0.255 e.